The van der Waals surface area contributed by atoms with Gasteiger partial charge in [0.05, 0.1) is 17.7 Å². The van der Waals surface area contributed by atoms with Crippen molar-refractivity contribution in [2.24, 2.45) is 11.3 Å². The van der Waals surface area contributed by atoms with Gasteiger partial charge in [0.25, 0.3) is 0 Å². The van der Waals surface area contributed by atoms with Crippen molar-refractivity contribution in [1.29, 1.82) is 0 Å². The van der Waals surface area contributed by atoms with Gasteiger partial charge in [0, 0.05) is 24.4 Å². The van der Waals surface area contributed by atoms with E-state index in [9.17, 15) is 5.11 Å². The number of ether oxygens (including phenoxy) is 1. The number of hydrogen-bond acceptors (Lipinski definition) is 3. The highest BCUT2D eigenvalue weighted by Crippen LogP contribution is 2.49. The first-order valence-electron chi connectivity index (χ1n) is 6.56. The predicted octanol–water partition coefficient (Wildman–Crippen LogP) is 2.46. The minimum Gasteiger partial charge on any atom is -0.396 e. The SMILES string of the molecule is OCC1(Cc2ccncc2Cl)CCOC1C1CC1. The first-order chi connectivity index (χ1) is 8.75. The number of halogens is 1. The van der Waals surface area contributed by atoms with Crippen LogP contribution in [0, 0.1) is 11.3 Å². The van der Waals surface area contributed by atoms with Crippen molar-refractivity contribution < 1.29 is 9.84 Å². The van der Waals surface area contributed by atoms with E-state index in [0.717, 1.165) is 25.0 Å². The summed E-state index contributed by atoms with van der Waals surface area (Å²) in [7, 11) is 0. The zero-order valence-corrected chi connectivity index (χ0v) is 11.1. The second-order valence-corrected chi connectivity index (χ2v) is 5.95. The van der Waals surface area contributed by atoms with E-state index in [4.69, 9.17) is 16.3 Å². The molecule has 1 aliphatic carbocycles. The molecule has 1 aromatic heterocycles. The van der Waals surface area contributed by atoms with Gasteiger partial charge in [-0.25, -0.2) is 0 Å². The molecular weight excluding hydrogens is 250 g/mol. The summed E-state index contributed by atoms with van der Waals surface area (Å²) < 4.78 is 5.88. The van der Waals surface area contributed by atoms with Gasteiger partial charge in [-0.2, -0.15) is 0 Å². The molecule has 0 aromatic carbocycles. The van der Waals surface area contributed by atoms with E-state index < -0.39 is 0 Å². The molecule has 98 valence electrons. The maximum atomic E-state index is 9.88. The molecule has 1 saturated heterocycles. The Bertz CT molecular complexity index is 436. The number of aliphatic hydroxyl groups is 1. The molecule has 0 spiro atoms. The summed E-state index contributed by atoms with van der Waals surface area (Å²) in [6.07, 6.45) is 7.80. The average Bonchev–Trinajstić information content (AvgIpc) is 3.14. The van der Waals surface area contributed by atoms with Gasteiger partial charge in [-0.15, -0.1) is 0 Å². The van der Waals surface area contributed by atoms with Crippen molar-refractivity contribution in [2.45, 2.75) is 31.8 Å². The molecule has 2 aliphatic rings. The smallest absolute Gasteiger partial charge is 0.0685 e. The third-order valence-electron chi connectivity index (χ3n) is 4.26. The monoisotopic (exact) mass is 267 g/mol. The van der Waals surface area contributed by atoms with Crippen LogP contribution in [0.2, 0.25) is 5.02 Å². The molecule has 0 radical (unpaired) electrons. The third-order valence-corrected chi connectivity index (χ3v) is 4.61. The van der Waals surface area contributed by atoms with E-state index in [1.54, 1.807) is 12.4 Å². The fourth-order valence-electron chi connectivity index (χ4n) is 3.08. The van der Waals surface area contributed by atoms with E-state index in [-0.39, 0.29) is 18.1 Å². The molecule has 3 nitrogen and oxygen atoms in total. The highest BCUT2D eigenvalue weighted by Gasteiger charge is 2.50. The highest BCUT2D eigenvalue weighted by atomic mass is 35.5. The Kier molecular flexibility index (Phi) is 3.31. The van der Waals surface area contributed by atoms with Gasteiger partial charge in [-0.3, -0.25) is 4.98 Å². The maximum absolute atomic E-state index is 9.88. The van der Waals surface area contributed by atoms with Crippen LogP contribution in [-0.2, 0) is 11.2 Å². The van der Waals surface area contributed by atoms with Crippen molar-refractivity contribution in [1.82, 2.24) is 4.98 Å². The van der Waals surface area contributed by atoms with Crippen molar-refractivity contribution in [3.05, 3.63) is 29.0 Å². The van der Waals surface area contributed by atoms with E-state index in [2.05, 4.69) is 4.98 Å². The second kappa shape index (κ2) is 4.80. The Balaban J connectivity index is 1.85. The normalized spacial score (nSPS) is 31.8. The molecule has 1 N–H and O–H groups in total. The largest absolute Gasteiger partial charge is 0.396 e. The van der Waals surface area contributed by atoms with Crippen LogP contribution in [0.4, 0.5) is 0 Å². The van der Waals surface area contributed by atoms with Gasteiger partial charge in [-0.1, -0.05) is 11.6 Å². The molecule has 3 rings (SSSR count). The Morgan fingerprint density at radius 3 is 3.00 bits per heavy atom. The number of rotatable bonds is 4. The molecule has 0 amide bonds. The van der Waals surface area contributed by atoms with E-state index >= 15 is 0 Å². The lowest BCUT2D eigenvalue weighted by Gasteiger charge is -2.32. The van der Waals surface area contributed by atoms with E-state index in [0.29, 0.717) is 10.9 Å². The number of pyridine rings is 1. The van der Waals surface area contributed by atoms with Crippen LogP contribution < -0.4 is 0 Å². The lowest BCUT2D eigenvalue weighted by atomic mass is 9.75. The fraction of sp³-hybridized carbons (Fsp3) is 0.643. The standard InChI is InChI=1S/C14H18ClNO2/c15-12-8-16-5-3-11(12)7-14(9-17)4-6-18-13(14)10-1-2-10/h3,5,8,10,13,17H,1-2,4,6-7,9H2. The Hall–Kier alpha value is -0.640. The summed E-state index contributed by atoms with van der Waals surface area (Å²) in [5.74, 6) is 0.639. The molecule has 2 atom stereocenters. The Labute approximate surface area is 112 Å². The molecule has 2 unspecified atom stereocenters. The summed E-state index contributed by atoms with van der Waals surface area (Å²) in [5.41, 5.74) is 0.920. The van der Waals surface area contributed by atoms with Crippen molar-refractivity contribution >= 4 is 11.6 Å². The van der Waals surface area contributed by atoms with Crippen molar-refractivity contribution in [3.8, 4) is 0 Å². The topological polar surface area (TPSA) is 42.4 Å². The summed E-state index contributed by atoms with van der Waals surface area (Å²) in [6.45, 7) is 0.928. The minimum absolute atomic E-state index is 0.147. The summed E-state index contributed by atoms with van der Waals surface area (Å²) in [4.78, 5) is 4.01. The molecule has 2 fully saturated rings. The van der Waals surface area contributed by atoms with Crippen molar-refractivity contribution in [3.63, 3.8) is 0 Å². The predicted molar refractivity (Wildman–Crippen MR) is 69.6 cm³/mol. The highest BCUT2D eigenvalue weighted by molar-refractivity contribution is 6.31. The van der Waals surface area contributed by atoms with E-state index in [1.807, 2.05) is 6.07 Å². The van der Waals surface area contributed by atoms with Crippen LogP contribution in [0.15, 0.2) is 18.5 Å². The molecule has 2 heterocycles. The summed E-state index contributed by atoms with van der Waals surface area (Å²) in [6, 6.07) is 1.95. The van der Waals surface area contributed by atoms with Gasteiger partial charge in [0.15, 0.2) is 0 Å². The first-order valence-corrected chi connectivity index (χ1v) is 6.94. The molecule has 1 saturated carbocycles. The number of hydrogen-bond donors (Lipinski definition) is 1. The lowest BCUT2D eigenvalue weighted by Crippen LogP contribution is -2.38. The van der Waals surface area contributed by atoms with Crippen LogP contribution in [0.5, 0.6) is 0 Å². The van der Waals surface area contributed by atoms with Crippen LogP contribution in [0.1, 0.15) is 24.8 Å². The average molecular weight is 268 g/mol. The van der Waals surface area contributed by atoms with Gasteiger partial charge in [0.2, 0.25) is 0 Å². The molecule has 0 bridgehead atoms. The van der Waals surface area contributed by atoms with Crippen molar-refractivity contribution in [2.75, 3.05) is 13.2 Å². The number of aliphatic hydroxyl groups excluding tert-OH is 1. The number of nitrogens with zero attached hydrogens (tertiary/aromatic N) is 1. The zero-order valence-electron chi connectivity index (χ0n) is 10.3. The van der Waals surface area contributed by atoms with E-state index in [1.165, 1.54) is 12.8 Å². The van der Waals surface area contributed by atoms with Gasteiger partial charge in [-0.05, 0) is 43.2 Å². The summed E-state index contributed by atoms with van der Waals surface area (Å²) >= 11 is 6.18. The maximum Gasteiger partial charge on any atom is 0.0685 e. The van der Waals surface area contributed by atoms with Crippen LogP contribution in [0.25, 0.3) is 0 Å². The summed E-state index contributed by atoms with van der Waals surface area (Å²) in [5, 5.41) is 10.6. The number of aromatic nitrogens is 1. The molecular formula is C14H18ClNO2. The molecule has 1 aromatic rings. The second-order valence-electron chi connectivity index (χ2n) is 5.54. The quantitative estimate of drug-likeness (QED) is 0.911. The third kappa shape index (κ3) is 2.15. The van der Waals surface area contributed by atoms with Gasteiger partial charge in [0.1, 0.15) is 0 Å². The van der Waals surface area contributed by atoms with Crippen LogP contribution in [0.3, 0.4) is 0 Å². The Morgan fingerprint density at radius 1 is 1.50 bits per heavy atom. The fourth-order valence-corrected chi connectivity index (χ4v) is 3.27. The molecule has 1 aliphatic heterocycles. The van der Waals surface area contributed by atoms with Gasteiger partial charge < -0.3 is 9.84 Å². The van der Waals surface area contributed by atoms with Crippen LogP contribution in [-0.4, -0.2) is 29.4 Å². The molecule has 4 heteroatoms. The first kappa shape index (κ1) is 12.4. The Morgan fingerprint density at radius 2 is 2.33 bits per heavy atom. The minimum atomic E-state index is -0.147. The van der Waals surface area contributed by atoms with Gasteiger partial charge >= 0.3 is 0 Å². The van der Waals surface area contributed by atoms with Crippen LogP contribution >= 0.6 is 11.6 Å². The lowest BCUT2D eigenvalue weighted by molar-refractivity contribution is 0.000590. The zero-order chi connectivity index (χ0) is 12.6. The molecule has 18 heavy (non-hydrogen) atoms.